The van der Waals surface area contributed by atoms with Gasteiger partial charge in [-0.2, -0.15) is 0 Å². The van der Waals surface area contributed by atoms with Crippen LogP contribution in [-0.2, 0) is 17.9 Å². The van der Waals surface area contributed by atoms with Gasteiger partial charge in [-0.15, -0.1) is 34.4 Å². The van der Waals surface area contributed by atoms with Crippen molar-refractivity contribution in [3.8, 4) is 5.75 Å². The molecule has 0 N–H and O–H groups in total. The molecule has 6 heteroatoms. The van der Waals surface area contributed by atoms with E-state index in [-0.39, 0.29) is 5.91 Å². The van der Waals surface area contributed by atoms with Crippen LogP contribution in [0.25, 0.3) is 0 Å². The molecule has 3 aromatic rings. The number of amides is 1. The molecule has 0 spiro atoms. The molecule has 0 radical (unpaired) electrons. The van der Waals surface area contributed by atoms with Crippen molar-refractivity contribution in [3.63, 3.8) is 0 Å². The van der Waals surface area contributed by atoms with Crippen molar-refractivity contribution in [2.45, 2.75) is 24.9 Å². The topological polar surface area (TPSA) is 29.5 Å². The summed E-state index contributed by atoms with van der Waals surface area (Å²) >= 11 is 4.95. The Balaban J connectivity index is 1.60. The van der Waals surface area contributed by atoms with Crippen LogP contribution in [0.4, 0.5) is 0 Å². The molecule has 136 valence electrons. The van der Waals surface area contributed by atoms with E-state index in [9.17, 15) is 4.79 Å². The molecule has 0 unspecified atom stereocenters. The molecule has 1 amide bonds. The summed E-state index contributed by atoms with van der Waals surface area (Å²) < 4.78 is 5.46. The first kappa shape index (κ1) is 19.0. The lowest BCUT2D eigenvalue weighted by molar-refractivity contribution is -0.129. The highest BCUT2D eigenvalue weighted by molar-refractivity contribution is 8.00. The standard InChI is InChI=1S/C20H21NO2S3/c1-2-23-16-7-9-17(10-8-16)26-15-20(22)21(13-18-5-3-11-24-18)14-19-6-4-12-25-19/h3-12H,2,13-15H2,1H3. The number of thioether (sulfide) groups is 1. The molecular formula is C20H21NO2S3. The van der Waals surface area contributed by atoms with E-state index in [1.54, 1.807) is 34.4 Å². The molecule has 0 aliphatic carbocycles. The van der Waals surface area contributed by atoms with E-state index in [2.05, 4.69) is 22.9 Å². The first-order valence-electron chi connectivity index (χ1n) is 8.43. The SMILES string of the molecule is CCOc1ccc(SCC(=O)N(Cc2cccs2)Cc2cccs2)cc1. The van der Waals surface area contributed by atoms with Gasteiger partial charge >= 0.3 is 0 Å². The van der Waals surface area contributed by atoms with Crippen LogP contribution in [-0.4, -0.2) is 23.2 Å². The molecule has 0 atom stereocenters. The fourth-order valence-corrected chi connectivity index (χ4v) is 4.69. The van der Waals surface area contributed by atoms with Crippen LogP contribution in [0.15, 0.2) is 64.2 Å². The first-order chi connectivity index (χ1) is 12.7. The number of rotatable bonds is 9. The number of hydrogen-bond donors (Lipinski definition) is 0. The minimum absolute atomic E-state index is 0.158. The lowest BCUT2D eigenvalue weighted by Gasteiger charge is -2.21. The third-order valence-electron chi connectivity index (χ3n) is 3.70. The molecule has 0 aliphatic heterocycles. The Hall–Kier alpha value is -1.76. The summed E-state index contributed by atoms with van der Waals surface area (Å²) in [5.41, 5.74) is 0. The smallest absolute Gasteiger partial charge is 0.233 e. The zero-order valence-corrected chi connectivity index (χ0v) is 17.0. The van der Waals surface area contributed by atoms with Gasteiger partial charge in [-0.3, -0.25) is 4.79 Å². The van der Waals surface area contributed by atoms with Crippen LogP contribution in [0, 0.1) is 0 Å². The lowest BCUT2D eigenvalue weighted by Crippen LogP contribution is -2.31. The van der Waals surface area contributed by atoms with Crippen molar-refractivity contribution in [2.24, 2.45) is 0 Å². The average Bonchev–Trinajstić information content (AvgIpc) is 3.35. The zero-order chi connectivity index (χ0) is 18.2. The van der Waals surface area contributed by atoms with Gasteiger partial charge in [0.25, 0.3) is 0 Å². The summed E-state index contributed by atoms with van der Waals surface area (Å²) in [5.74, 6) is 1.45. The Morgan fingerprint density at radius 2 is 1.62 bits per heavy atom. The Morgan fingerprint density at radius 3 is 2.12 bits per heavy atom. The zero-order valence-electron chi connectivity index (χ0n) is 14.6. The molecule has 2 aromatic heterocycles. The molecule has 0 bridgehead atoms. The normalized spacial score (nSPS) is 10.7. The number of ether oxygens (including phenoxy) is 1. The summed E-state index contributed by atoms with van der Waals surface area (Å²) in [6.07, 6.45) is 0. The number of benzene rings is 1. The first-order valence-corrected chi connectivity index (χ1v) is 11.2. The molecule has 0 aliphatic rings. The van der Waals surface area contributed by atoms with Gasteiger partial charge in [0.05, 0.1) is 25.4 Å². The van der Waals surface area contributed by atoms with E-state index in [1.807, 2.05) is 48.2 Å². The molecule has 2 heterocycles. The van der Waals surface area contributed by atoms with E-state index in [0.717, 1.165) is 10.6 Å². The van der Waals surface area contributed by atoms with Gasteiger partial charge in [0.2, 0.25) is 5.91 Å². The van der Waals surface area contributed by atoms with E-state index >= 15 is 0 Å². The van der Waals surface area contributed by atoms with Crippen molar-refractivity contribution in [2.75, 3.05) is 12.4 Å². The largest absolute Gasteiger partial charge is 0.494 e. The Labute approximate surface area is 166 Å². The number of carbonyl (C=O) groups is 1. The summed E-state index contributed by atoms with van der Waals surface area (Å²) in [6.45, 7) is 3.96. The highest BCUT2D eigenvalue weighted by Gasteiger charge is 2.16. The maximum absolute atomic E-state index is 12.8. The predicted octanol–water partition coefficient (Wildman–Crippen LogP) is 5.53. The van der Waals surface area contributed by atoms with Crippen molar-refractivity contribution in [3.05, 3.63) is 69.0 Å². The number of nitrogens with zero attached hydrogens (tertiary/aromatic N) is 1. The van der Waals surface area contributed by atoms with E-state index < -0.39 is 0 Å². The Kier molecular flexibility index (Phi) is 7.17. The molecule has 0 saturated heterocycles. The van der Waals surface area contributed by atoms with Crippen molar-refractivity contribution >= 4 is 40.3 Å². The van der Waals surface area contributed by atoms with Crippen molar-refractivity contribution in [1.82, 2.24) is 4.90 Å². The molecule has 0 fully saturated rings. The molecule has 1 aromatic carbocycles. The summed E-state index contributed by atoms with van der Waals surface area (Å²) in [6, 6.07) is 16.1. The van der Waals surface area contributed by atoms with Gasteiger partial charge in [0.15, 0.2) is 0 Å². The van der Waals surface area contributed by atoms with Crippen LogP contribution in [0.2, 0.25) is 0 Å². The number of thiophene rings is 2. The number of carbonyl (C=O) groups excluding carboxylic acids is 1. The summed E-state index contributed by atoms with van der Waals surface area (Å²) in [5, 5.41) is 4.11. The summed E-state index contributed by atoms with van der Waals surface area (Å²) in [7, 11) is 0. The predicted molar refractivity (Wildman–Crippen MR) is 111 cm³/mol. The van der Waals surface area contributed by atoms with Crippen LogP contribution in [0.5, 0.6) is 5.75 Å². The Bertz CT molecular complexity index is 747. The lowest BCUT2D eigenvalue weighted by atomic mass is 10.3. The molecule has 0 saturated carbocycles. The van der Waals surface area contributed by atoms with Crippen LogP contribution >= 0.6 is 34.4 Å². The third-order valence-corrected chi connectivity index (χ3v) is 6.42. The van der Waals surface area contributed by atoms with Gasteiger partial charge in [0, 0.05) is 14.6 Å². The second-order valence-electron chi connectivity index (χ2n) is 5.60. The maximum Gasteiger partial charge on any atom is 0.233 e. The monoisotopic (exact) mass is 403 g/mol. The second kappa shape index (κ2) is 9.80. The quantitative estimate of drug-likeness (QED) is 0.440. The second-order valence-corrected chi connectivity index (χ2v) is 8.71. The average molecular weight is 404 g/mol. The van der Waals surface area contributed by atoms with E-state index in [4.69, 9.17) is 4.74 Å². The van der Waals surface area contributed by atoms with Gasteiger partial charge in [-0.25, -0.2) is 0 Å². The highest BCUT2D eigenvalue weighted by atomic mass is 32.2. The van der Waals surface area contributed by atoms with Crippen molar-refractivity contribution < 1.29 is 9.53 Å². The van der Waals surface area contributed by atoms with Gasteiger partial charge in [0.1, 0.15) is 5.75 Å². The highest BCUT2D eigenvalue weighted by Crippen LogP contribution is 2.23. The molecule has 26 heavy (non-hydrogen) atoms. The minimum Gasteiger partial charge on any atom is -0.494 e. The molecule has 3 rings (SSSR count). The van der Waals surface area contributed by atoms with Crippen LogP contribution in [0.3, 0.4) is 0 Å². The Morgan fingerprint density at radius 1 is 1.00 bits per heavy atom. The van der Waals surface area contributed by atoms with Gasteiger partial charge in [-0.1, -0.05) is 12.1 Å². The van der Waals surface area contributed by atoms with Crippen LogP contribution < -0.4 is 4.74 Å². The maximum atomic E-state index is 12.8. The van der Waals surface area contributed by atoms with Crippen LogP contribution in [0.1, 0.15) is 16.7 Å². The molecular weight excluding hydrogens is 382 g/mol. The van der Waals surface area contributed by atoms with E-state index in [0.29, 0.717) is 25.4 Å². The van der Waals surface area contributed by atoms with E-state index in [1.165, 1.54) is 9.75 Å². The minimum atomic E-state index is 0.158. The molecule has 3 nitrogen and oxygen atoms in total. The van der Waals surface area contributed by atoms with Gasteiger partial charge < -0.3 is 9.64 Å². The van der Waals surface area contributed by atoms with Gasteiger partial charge in [-0.05, 0) is 54.1 Å². The summed E-state index contributed by atoms with van der Waals surface area (Å²) in [4.78, 5) is 18.3. The number of hydrogen-bond acceptors (Lipinski definition) is 5. The van der Waals surface area contributed by atoms with Crippen molar-refractivity contribution in [1.29, 1.82) is 0 Å². The fraction of sp³-hybridized carbons (Fsp3) is 0.250. The third kappa shape index (κ3) is 5.62. The fourth-order valence-electron chi connectivity index (χ4n) is 2.45.